The van der Waals surface area contributed by atoms with Crippen molar-refractivity contribution < 1.29 is 22.7 Å². The van der Waals surface area contributed by atoms with Crippen molar-refractivity contribution in [3.63, 3.8) is 0 Å². The minimum atomic E-state index is -3.58. The quantitative estimate of drug-likeness (QED) is 0.382. The molecule has 1 N–H and O–H groups in total. The maximum Gasteiger partial charge on any atom is 0.243 e. The number of ether oxygens (including phenoxy) is 1. The molecule has 0 unspecified atom stereocenters. The summed E-state index contributed by atoms with van der Waals surface area (Å²) in [6, 6.07) is 14.4. The lowest BCUT2D eigenvalue weighted by molar-refractivity contribution is -0.141. The lowest BCUT2D eigenvalue weighted by Crippen LogP contribution is -2.51. The molecule has 0 saturated heterocycles. The summed E-state index contributed by atoms with van der Waals surface area (Å²) < 4.78 is 31.7. The van der Waals surface area contributed by atoms with Gasteiger partial charge in [-0.1, -0.05) is 62.1 Å². The summed E-state index contributed by atoms with van der Waals surface area (Å²) in [6.45, 7) is 4.39. The molecule has 0 spiro atoms. The summed E-state index contributed by atoms with van der Waals surface area (Å²) in [5, 5.41) is 3.20. The number of aryl methyl sites for hydroxylation is 1. The highest BCUT2D eigenvalue weighted by Gasteiger charge is 2.30. The summed E-state index contributed by atoms with van der Waals surface area (Å²) in [6.07, 6.45) is 7.44. The molecule has 2 aromatic carbocycles. The molecule has 1 aliphatic rings. The molecule has 9 heteroatoms. The Bertz CT molecular complexity index is 1210. The van der Waals surface area contributed by atoms with Crippen molar-refractivity contribution in [2.45, 2.75) is 83.8 Å². The van der Waals surface area contributed by atoms with Crippen LogP contribution in [0.5, 0.6) is 5.75 Å². The van der Waals surface area contributed by atoms with E-state index in [-0.39, 0.29) is 30.8 Å². The molecule has 1 saturated carbocycles. The van der Waals surface area contributed by atoms with E-state index >= 15 is 0 Å². The van der Waals surface area contributed by atoms with Gasteiger partial charge in [0.1, 0.15) is 11.8 Å². The molecule has 2 amide bonds. The van der Waals surface area contributed by atoms with Crippen LogP contribution in [0.25, 0.3) is 0 Å². The molecule has 39 heavy (non-hydrogen) atoms. The number of nitrogens with zero attached hydrogens (tertiary/aromatic N) is 2. The summed E-state index contributed by atoms with van der Waals surface area (Å²) in [4.78, 5) is 28.7. The van der Waals surface area contributed by atoms with Gasteiger partial charge < -0.3 is 15.0 Å². The highest BCUT2D eigenvalue weighted by molar-refractivity contribution is 7.92. The van der Waals surface area contributed by atoms with Crippen LogP contribution in [0.3, 0.4) is 0 Å². The Morgan fingerprint density at radius 3 is 2.44 bits per heavy atom. The zero-order valence-electron chi connectivity index (χ0n) is 23.7. The van der Waals surface area contributed by atoms with Gasteiger partial charge in [-0.25, -0.2) is 8.42 Å². The molecule has 2 aromatic rings. The molecule has 0 bridgehead atoms. The van der Waals surface area contributed by atoms with Crippen molar-refractivity contribution in [1.82, 2.24) is 10.2 Å². The van der Waals surface area contributed by atoms with Gasteiger partial charge in [-0.2, -0.15) is 0 Å². The molecule has 0 aromatic heterocycles. The maximum absolute atomic E-state index is 13.7. The van der Waals surface area contributed by atoms with Gasteiger partial charge in [0.2, 0.25) is 21.8 Å². The fraction of sp³-hybridized carbons (Fsp3) is 0.533. The normalized spacial score (nSPS) is 14.9. The van der Waals surface area contributed by atoms with Crippen LogP contribution in [0.1, 0.15) is 69.4 Å². The first kappa shape index (κ1) is 30.5. The zero-order chi connectivity index (χ0) is 28.4. The Kier molecular flexibility index (Phi) is 11.2. The first-order chi connectivity index (χ1) is 18.6. The first-order valence-electron chi connectivity index (χ1n) is 13.9. The average molecular weight is 558 g/mol. The standard InChI is InChI=1S/C30H43N3O5S/c1-5-28(30(35)31-25-14-7-6-8-15-25)32(22-24-13-9-12-23(2)20-24)29(34)18-11-19-33(39(4,36)37)26-16-10-17-27(21-26)38-3/h9-10,12-13,16-17,20-21,25,28H,5-8,11,14-15,18-19,22H2,1-4H3,(H,31,35)/t28-/m0/s1. The fourth-order valence-electron chi connectivity index (χ4n) is 5.24. The second-order valence-electron chi connectivity index (χ2n) is 10.4. The number of methoxy groups -OCH3 is 1. The second kappa shape index (κ2) is 14.4. The minimum absolute atomic E-state index is 0.112. The fourth-order valence-corrected chi connectivity index (χ4v) is 6.20. The summed E-state index contributed by atoms with van der Waals surface area (Å²) in [5.74, 6) is 0.275. The van der Waals surface area contributed by atoms with Gasteiger partial charge in [-0.05, 0) is 50.3 Å². The van der Waals surface area contributed by atoms with Crippen molar-refractivity contribution in [2.24, 2.45) is 0 Å². The Balaban J connectivity index is 1.76. The van der Waals surface area contributed by atoms with E-state index < -0.39 is 16.1 Å². The minimum Gasteiger partial charge on any atom is -0.497 e. The van der Waals surface area contributed by atoms with E-state index in [2.05, 4.69) is 5.32 Å². The maximum atomic E-state index is 13.7. The predicted octanol–water partition coefficient (Wildman–Crippen LogP) is 4.81. The van der Waals surface area contributed by atoms with Gasteiger partial charge in [0.25, 0.3) is 0 Å². The van der Waals surface area contributed by atoms with Crippen LogP contribution >= 0.6 is 0 Å². The van der Waals surface area contributed by atoms with Crippen LogP contribution in [0.2, 0.25) is 0 Å². The van der Waals surface area contributed by atoms with Crippen molar-refractivity contribution in [2.75, 3.05) is 24.2 Å². The summed E-state index contributed by atoms with van der Waals surface area (Å²) >= 11 is 0. The number of hydrogen-bond acceptors (Lipinski definition) is 5. The van der Waals surface area contributed by atoms with E-state index in [1.807, 2.05) is 38.1 Å². The highest BCUT2D eigenvalue weighted by atomic mass is 32.2. The van der Waals surface area contributed by atoms with Crippen LogP contribution in [-0.4, -0.2) is 57.1 Å². The molecule has 3 rings (SSSR count). The van der Waals surface area contributed by atoms with Gasteiger partial charge in [-0.15, -0.1) is 0 Å². The Morgan fingerprint density at radius 2 is 1.79 bits per heavy atom. The van der Waals surface area contributed by atoms with E-state index in [0.717, 1.165) is 43.1 Å². The van der Waals surface area contributed by atoms with E-state index in [1.54, 1.807) is 29.2 Å². The van der Waals surface area contributed by atoms with Gasteiger partial charge in [0.15, 0.2) is 0 Å². The topological polar surface area (TPSA) is 96.0 Å². The van der Waals surface area contributed by atoms with Gasteiger partial charge in [0, 0.05) is 31.6 Å². The molecule has 1 fully saturated rings. The van der Waals surface area contributed by atoms with Crippen LogP contribution < -0.4 is 14.4 Å². The van der Waals surface area contributed by atoms with Crippen molar-refractivity contribution in [3.8, 4) is 5.75 Å². The number of anilines is 1. The zero-order valence-corrected chi connectivity index (χ0v) is 24.5. The number of carbonyl (C=O) groups is 2. The van der Waals surface area contributed by atoms with Crippen LogP contribution in [0.15, 0.2) is 48.5 Å². The van der Waals surface area contributed by atoms with E-state index in [0.29, 0.717) is 30.8 Å². The van der Waals surface area contributed by atoms with Crippen molar-refractivity contribution in [1.29, 1.82) is 0 Å². The third-order valence-corrected chi connectivity index (χ3v) is 8.46. The first-order valence-corrected chi connectivity index (χ1v) is 15.7. The number of amides is 2. The van der Waals surface area contributed by atoms with Crippen LogP contribution in [0.4, 0.5) is 5.69 Å². The molecule has 1 aliphatic carbocycles. The van der Waals surface area contributed by atoms with Crippen molar-refractivity contribution in [3.05, 3.63) is 59.7 Å². The lowest BCUT2D eigenvalue weighted by Gasteiger charge is -2.33. The van der Waals surface area contributed by atoms with Gasteiger partial charge >= 0.3 is 0 Å². The predicted molar refractivity (Wildman–Crippen MR) is 155 cm³/mol. The Morgan fingerprint density at radius 1 is 1.08 bits per heavy atom. The molecule has 8 nitrogen and oxygen atoms in total. The molecule has 0 radical (unpaired) electrons. The van der Waals surface area contributed by atoms with Crippen LogP contribution in [0, 0.1) is 6.92 Å². The second-order valence-corrected chi connectivity index (χ2v) is 12.3. The molecular formula is C30H43N3O5S. The number of sulfonamides is 1. The molecular weight excluding hydrogens is 514 g/mol. The van der Waals surface area contributed by atoms with E-state index in [4.69, 9.17) is 4.74 Å². The monoisotopic (exact) mass is 557 g/mol. The van der Waals surface area contributed by atoms with E-state index in [1.165, 1.54) is 17.8 Å². The smallest absolute Gasteiger partial charge is 0.243 e. The molecule has 214 valence electrons. The number of carbonyl (C=O) groups excluding carboxylic acids is 2. The third kappa shape index (κ3) is 8.98. The highest BCUT2D eigenvalue weighted by Crippen LogP contribution is 2.24. The molecule has 0 aliphatic heterocycles. The summed E-state index contributed by atoms with van der Waals surface area (Å²) in [5.41, 5.74) is 2.53. The van der Waals surface area contributed by atoms with Gasteiger partial charge in [-0.3, -0.25) is 13.9 Å². The SMILES string of the molecule is CC[C@@H](C(=O)NC1CCCCC1)N(Cc1cccc(C)c1)C(=O)CCCN(c1cccc(OC)c1)S(C)(=O)=O. The number of nitrogens with one attached hydrogen (secondary N) is 1. The lowest BCUT2D eigenvalue weighted by atomic mass is 9.95. The largest absolute Gasteiger partial charge is 0.497 e. The van der Waals surface area contributed by atoms with E-state index in [9.17, 15) is 18.0 Å². The third-order valence-electron chi connectivity index (χ3n) is 7.27. The van der Waals surface area contributed by atoms with Crippen molar-refractivity contribution >= 4 is 27.5 Å². The number of rotatable bonds is 13. The Hall–Kier alpha value is -3.07. The molecule has 1 atom stereocenters. The summed E-state index contributed by atoms with van der Waals surface area (Å²) in [7, 11) is -2.05. The van der Waals surface area contributed by atoms with Gasteiger partial charge in [0.05, 0.1) is 19.1 Å². The van der Waals surface area contributed by atoms with Crippen LogP contribution in [-0.2, 0) is 26.2 Å². The number of hydrogen-bond donors (Lipinski definition) is 1. The number of benzene rings is 2. The molecule has 0 heterocycles. The average Bonchev–Trinajstić information content (AvgIpc) is 2.90. The Labute approximate surface area is 233 Å².